The molecule has 21 heavy (non-hydrogen) atoms. The second-order valence-electron chi connectivity index (χ2n) is 4.64. The Bertz CT molecular complexity index is 599. The summed E-state index contributed by atoms with van der Waals surface area (Å²) in [5.74, 6) is -0.00844. The molecule has 0 saturated heterocycles. The molecule has 0 spiro atoms. The molecule has 2 aromatic rings. The van der Waals surface area contributed by atoms with Crippen molar-refractivity contribution in [3.8, 4) is 0 Å². The highest BCUT2D eigenvalue weighted by Crippen LogP contribution is 2.14. The number of rotatable bonds is 5. The maximum Gasteiger partial charge on any atom is 0.230 e. The molecule has 0 aliphatic carbocycles. The molecule has 2 aromatic carbocycles. The van der Waals surface area contributed by atoms with Crippen LogP contribution in [0.25, 0.3) is 0 Å². The molecule has 1 unspecified atom stereocenters. The van der Waals surface area contributed by atoms with Gasteiger partial charge in [-0.3, -0.25) is 9.59 Å². The first-order chi connectivity index (χ1) is 10.2. The van der Waals surface area contributed by atoms with Gasteiger partial charge in [-0.15, -0.1) is 0 Å². The lowest BCUT2D eigenvalue weighted by Gasteiger charge is -2.13. The Morgan fingerprint density at radius 3 is 2.19 bits per heavy atom. The molecule has 0 bridgehead atoms. The van der Waals surface area contributed by atoms with Crippen molar-refractivity contribution in [2.24, 2.45) is 0 Å². The Balaban J connectivity index is 1.81. The fraction of sp³-hybridized carbons (Fsp3) is 0.176. The van der Waals surface area contributed by atoms with Crippen LogP contribution in [-0.2, 0) is 4.79 Å². The van der Waals surface area contributed by atoms with Crippen LogP contribution in [0.1, 0.15) is 28.9 Å². The predicted octanol–water partition coefficient (Wildman–Crippen LogP) is 3.44. The van der Waals surface area contributed by atoms with E-state index in [2.05, 4.69) is 5.32 Å². The first-order valence-corrected chi connectivity index (χ1v) is 7.72. The monoisotopic (exact) mass is 299 g/mol. The van der Waals surface area contributed by atoms with Crippen molar-refractivity contribution in [3.05, 3.63) is 71.8 Å². The van der Waals surface area contributed by atoms with Gasteiger partial charge in [0.2, 0.25) is 11.0 Å². The topological polar surface area (TPSA) is 46.2 Å². The van der Waals surface area contributed by atoms with Gasteiger partial charge in [0.25, 0.3) is 0 Å². The molecule has 0 heterocycles. The van der Waals surface area contributed by atoms with Crippen LogP contribution in [-0.4, -0.2) is 16.8 Å². The van der Waals surface area contributed by atoms with Crippen LogP contribution in [0, 0.1) is 0 Å². The highest BCUT2D eigenvalue weighted by atomic mass is 32.2. The minimum atomic E-state index is -0.138. The van der Waals surface area contributed by atoms with Crippen molar-refractivity contribution in [1.29, 1.82) is 0 Å². The largest absolute Gasteiger partial charge is 0.349 e. The molecule has 4 heteroatoms. The lowest BCUT2D eigenvalue weighted by Crippen LogP contribution is -2.28. The molecule has 0 aliphatic rings. The van der Waals surface area contributed by atoms with Crippen LogP contribution in [0.3, 0.4) is 0 Å². The number of carbonyl (C=O) groups is 2. The Kier molecular flexibility index (Phi) is 5.58. The molecule has 3 nitrogen and oxygen atoms in total. The summed E-state index contributed by atoms with van der Waals surface area (Å²) in [6.07, 6.45) is 0. The van der Waals surface area contributed by atoms with E-state index < -0.39 is 0 Å². The highest BCUT2D eigenvalue weighted by molar-refractivity contribution is 8.14. The van der Waals surface area contributed by atoms with Crippen molar-refractivity contribution in [2.45, 2.75) is 13.0 Å². The third-order valence-electron chi connectivity index (χ3n) is 3.02. The zero-order valence-corrected chi connectivity index (χ0v) is 12.6. The number of hydrogen-bond acceptors (Lipinski definition) is 3. The van der Waals surface area contributed by atoms with E-state index >= 15 is 0 Å². The average molecular weight is 299 g/mol. The minimum Gasteiger partial charge on any atom is -0.349 e. The van der Waals surface area contributed by atoms with Crippen molar-refractivity contribution in [3.63, 3.8) is 0 Å². The van der Waals surface area contributed by atoms with Gasteiger partial charge in [0.05, 0.1) is 11.8 Å². The van der Waals surface area contributed by atoms with E-state index in [4.69, 9.17) is 0 Å². The molecule has 0 saturated carbocycles. The lowest BCUT2D eigenvalue weighted by molar-refractivity contribution is -0.119. The SMILES string of the molecule is CC(NC(=O)CSC(=O)c1ccccc1)c1ccccc1. The Labute approximate surface area is 128 Å². The molecule has 1 amide bonds. The zero-order chi connectivity index (χ0) is 15.1. The quantitative estimate of drug-likeness (QED) is 0.920. The van der Waals surface area contributed by atoms with Crippen molar-refractivity contribution >= 4 is 22.8 Å². The summed E-state index contributed by atoms with van der Waals surface area (Å²) in [6, 6.07) is 18.7. The van der Waals surface area contributed by atoms with Crippen LogP contribution in [0.2, 0.25) is 0 Å². The summed E-state index contributed by atoms with van der Waals surface area (Å²) in [5, 5.41) is 2.81. The maximum atomic E-state index is 11.9. The van der Waals surface area contributed by atoms with Crippen molar-refractivity contribution in [2.75, 3.05) is 5.75 Å². The molecular formula is C17H17NO2S. The number of hydrogen-bond donors (Lipinski definition) is 1. The number of nitrogens with one attached hydrogen (secondary N) is 1. The summed E-state index contributed by atoms with van der Waals surface area (Å²) in [6.45, 7) is 1.93. The summed E-state index contributed by atoms with van der Waals surface area (Å²) in [5.41, 5.74) is 1.66. The molecule has 0 aromatic heterocycles. The van der Waals surface area contributed by atoms with Crippen LogP contribution >= 0.6 is 11.8 Å². The molecule has 1 atom stereocenters. The summed E-state index contributed by atoms with van der Waals surface area (Å²) in [7, 11) is 0. The van der Waals surface area contributed by atoms with E-state index in [9.17, 15) is 9.59 Å². The summed E-state index contributed by atoms with van der Waals surface area (Å²) < 4.78 is 0. The van der Waals surface area contributed by atoms with E-state index in [0.29, 0.717) is 5.56 Å². The van der Waals surface area contributed by atoms with Gasteiger partial charge in [0, 0.05) is 5.56 Å². The normalized spacial score (nSPS) is 11.7. The van der Waals surface area contributed by atoms with Crippen molar-refractivity contribution in [1.82, 2.24) is 5.32 Å². The first kappa shape index (κ1) is 15.3. The van der Waals surface area contributed by atoms with Gasteiger partial charge < -0.3 is 5.32 Å². The van der Waals surface area contributed by atoms with Gasteiger partial charge in [0.1, 0.15) is 0 Å². The molecule has 108 valence electrons. The van der Waals surface area contributed by atoms with Crippen molar-refractivity contribution < 1.29 is 9.59 Å². The Morgan fingerprint density at radius 1 is 1.00 bits per heavy atom. The van der Waals surface area contributed by atoms with Gasteiger partial charge in [-0.05, 0) is 12.5 Å². The van der Waals surface area contributed by atoms with Gasteiger partial charge in [-0.25, -0.2) is 0 Å². The smallest absolute Gasteiger partial charge is 0.230 e. The van der Waals surface area contributed by atoms with Gasteiger partial charge in [-0.1, -0.05) is 72.4 Å². The van der Waals surface area contributed by atoms with Crippen LogP contribution in [0.4, 0.5) is 0 Å². The number of carbonyl (C=O) groups excluding carboxylic acids is 2. The third-order valence-corrected chi connectivity index (χ3v) is 3.93. The number of benzene rings is 2. The average Bonchev–Trinajstić information content (AvgIpc) is 2.54. The summed E-state index contributed by atoms with van der Waals surface area (Å²) >= 11 is 1.02. The summed E-state index contributed by atoms with van der Waals surface area (Å²) in [4.78, 5) is 23.8. The van der Waals surface area contributed by atoms with E-state index in [1.54, 1.807) is 12.1 Å². The fourth-order valence-corrected chi connectivity index (χ4v) is 2.55. The predicted molar refractivity (Wildman–Crippen MR) is 86.2 cm³/mol. The molecule has 0 radical (unpaired) electrons. The van der Waals surface area contributed by atoms with E-state index in [-0.39, 0.29) is 22.8 Å². The zero-order valence-electron chi connectivity index (χ0n) is 11.8. The van der Waals surface area contributed by atoms with E-state index in [0.717, 1.165) is 17.3 Å². The van der Waals surface area contributed by atoms with Gasteiger partial charge >= 0.3 is 0 Å². The van der Waals surface area contributed by atoms with Crippen LogP contribution in [0.15, 0.2) is 60.7 Å². The molecular weight excluding hydrogens is 282 g/mol. The van der Waals surface area contributed by atoms with E-state index in [1.807, 2.05) is 55.5 Å². The second-order valence-corrected chi connectivity index (χ2v) is 5.59. The van der Waals surface area contributed by atoms with Gasteiger partial charge in [-0.2, -0.15) is 0 Å². The Hall–Kier alpha value is -2.07. The highest BCUT2D eigenvalue weighted by Gasteiger charge is 2.12. The second kappa shape index (κ2) is 7.64. The third kappa shape index (κ3) is 4.76. The lowest BCUT2D eigenvalue weighted by atomic mass is 10.1. The minimum absolute atomic E-state index is 0.0638. The number of thioether (sulfide) groups is 1. The molecule has 0 aliphatic heterocycles. The molecule has 1 N–H and O–H groups in total. The Morgan fingerprint density at radius 2 is 1.57 bits per heavy atom. The maximum absolute atomic E-state index is 11.9. The van der Waals surface area contributed by atoms with Gasteiger partial charge in [0.15, 0.2) is 0 Å². The molecule has 2 rings (SSSR count). The van der Waals surface area contributed by atoms with Crippen LogP contribution in [0.5, 0.6) is 0 Å². The standard InChI is InChI=1S/C17H17NO2S/c1-13(14-8-4-2-5-9-14)18-16(19)12-21-17(20)15-10-6-3-7-11-15/h2-11,13H,12H2,1H3,(H,18,19). The number of amides is 1. The fourth-order valence-electron chi connectivity index (χ4n) is 1.90. The van der Waals surface area contributed by atoms with E-state index in [1.165, 1.54) is 0 Å². The first-order valence-electron chi connectivity index (χ1n) is 6.73. The van der Waals surface area contributed by atoms with Crippen LogP contribution < -0.4 is 5.32 Å². The molecule has 0 fully saturated rings.